The number of ether oxygens (including phenoxy) is 5. The Hall–Kier alpha value is -3.24. The SMILES string of the molecule is CC[C@H]1OC(=O)[C@H](C)C([C@H]2C[C@@](C)(OC)[C@@H](O)[C@H](C)O2)[C@H](C)[C@@H](O[C@H]2C[C@@H](N(C)CCC3=CN([C@H](CF)Cc4ccc(-c5ccc(F)nc5)cc4)N[NH2+]3)C[C@@H](C)O2)[C@](C)(O)C[C@@H](C)CN(C)[C@H](C)[C@@H](O)[C@]1(C)O. The second-order valence-electron chi connectivity index (χ2n) is 22.9. The predicted molar refractivity (Wildman–Crippen MR) is 273 cm³/mol. The van der Waals surface area contributed by atoms with Crippen LogP contribution in [-0.4, -0.2) is 171 Å². The lowest BCUT2D eigenvalue weighted by molar-refractivity contribution is -0.679. The van der Waals surface area contributed by atoms with Crippen LogP contribution in [0.2, 0.25) is 0 Å². The van der Waals surface area contributed by atoms with Gasteiger partial charge in [-0.25, -0.2) is 14.8 Å². The Morgan fingerprint density at radius 1 is 0.986 bits per heavy atom. The highest BCUT2D eigenvalue weighted by Crippen LogP contribution is 2.45. The van der Waals surface area contributed by atoms with E-state index in [4.69, 9.17) is 23.7 Å². The van der Waals surface area contributed by atoms with Gasteiger partial charge in [-0.1, -0.05) is 57.5 Å². The summed E-state index contributed by atoms with van der Waals surface area (Å²) in [6.07, 6.45) is 0.238. The van der Waals surface area contributed by atoms with Crippen molar-refractivity contribution in [2.75, 3.05) is 41.0 Å². The lowest BCUT2D eigenvalue weighted by Crippen LogP contribution is -2.91. The summed E-state index contributed by atoms with van der Waals surface area (Å²) in [7, 11) is 5.51. The van der Waals surface area contributed by atoms with Crippen molar-refractivity contribution in [3.05, 3.63) is 66.0 Å². The standard InChI is InChI=1S/C55H88F2N6O10/c1-14-45-55(10,68)49(64)36(6)62(12)30-32(2)26-53(8,67)51(34(4)48(35(5)52(66)72-45)44-27-54(9,69-13)50(65)37(7)71-44)73-47-25-42(23-33(3)70-47)61(11)22-21-41-31-63(60-59-41)43(28-56)24-38-15-17-39(18-16-38)40-19-20-46(57)58-29-40/h15-20,29,31-37,42-45,47-51,59-60,64-65,67-68H,14,21-28,30H2,1-13H3/p+1/t32-,33-,34+,35-,36-,37+,42+,43+,44-,45-,47+,48?,49-,50+,51-,53-,54-,55-/m1/s1. The number of aliphatic hydroxyl groups is 4. The first-order valence-corrected chi connectivity index (χ1v) is 26.6. The summed E-state index contributed by atoms with van der Waals surface area (Å²) in [5.74, 6) is -3.34. The summed E-state index contributed by atoms with van der Waals surface area (Å²) in [5, 5.41) is 49.7. The van der Waals surface area contributed by atoms with Crippen LogP contribution >= 0.6 is 0 Å². The molecule has 4 aliphatic rings. The van der Waals surface area contributed by atoms with Crippen LogP contribution < -0.4 is 11.0 Å². The number of benzene rings is 1. The minimum atomic E-state index is -1.79. The van der Waals surface area contributed by atoms with Gasteiger partial charge in [0.05, 0.1) is 53.8 Å². The number of hydrogen-bond acceptors (Lipinski definition) is 15. The number of quaternary nitrogens is 1. The fraction of sp³-hybridized carbons (Fsp3) is 0.745. The Labute approximate surface area is 433 Å². The van der Waals surface area contributed by atoms with Crippen molar-refractivity contribution >= 4 is 5.97 Å². The molecule has 73 heavy (non-hydrogen) atoms. The van der Waals surface area contributed by atoms with E-state index in [1.165, 1.54) is 19.2 Å². The Morgan fingerprint density at radius 2 is 1.67 bits per heavy atom. The van der Waals surface area contributed by atoms with Gasteiger partial charge in [0.1, 0.15) is 36.3 Å². The number of cyclic esters (lactones) is 1. The van der Waals surface area contributed by atoms with Crippen molar-refractivity contribution in [2.45, 2.75) is 198 Å². The first-order valence-electron chi connectivity index (χ1n) is 26.6. The molecule has 1 aromatic heterocycles. The number of nitrogens with two attached hydrogens (primary N) is 1. The van der Waals surface area contributed by atoms with Crippen molar-refractivity contribution < 1.29 is 63.1 Å². The molecule has 0 spiro atoms. The number of methoxy groups -OCH3 is 1. The maximum Gasteiger partial charge on any atom is 0.309 e. The topological polar surface area (TPSA) is 195 Å². The van der Waals surface area contributed by atoms with Gasteiger partial charge in [0, 0.05) is 69.2 Å². The number of esters is 1. The molecule has 1 unspecified atom stereocenters. The Morgan fingerprint density at radius 3 is 2.30 bits per heavy atom. The van der Waals surface area contributed by atoms with Crippen LogP contribution in [0.1, 0.15) is 113 Å². The van der Waals surface area contributed by atoms with Crippen LogP contribution in [0.4, 0.5) is 8.78 Å². The van der Waals surface area contributed by atoms with Gasteiger partial charge in [-0.2, -0.15) is 4.39 Å². The molecule has 6 rings (SSSR count). The van der Waals surface area contributed by atoms with E-state index in [0.29, 0.717) is 38.8 Å². The van der Waals surface area contributed by atoms with E-state index in [1.807, 2.05) is 94.4 Å². The van der Waals surface area contributed by atoms with E-state index < -0.39 is 108 Å². The molecule has 18 atom stereocenters. The average Bonchev–Trinajstić information content (AvgIpc) is 3.82. The summed E-state index contributed by atoms with van der Waals surface area (Å²) >= 11 is 0. The lowest BCUT2D eigenvalue weighted by atomic mass is 9.68. The third-order valence-corrected chi connectivity index (χ3v) is 16.9. The summed E-state index contributed by atoms with van der Waals surface area (Å²) in [5.41, 5.74) is 4.59. The molecular formula is C55H89F2N6O10+. The zero-order valence-electron chi connectivity index (χ0n) is 45.7. The maximum absolute atomic E-state index is 14.6. The van der Waals surface area contributed by atoms with Crippen molar-refractivity contribution in [1.82, 2.24) is 25.3 Å². The smallest absolute Gasteiger partial charge is 0.309 e. The molecule has 0 bridgehead atoms. The van der Waals surface area contributed by atoms with Gasteiger partial charge < -0.3 is 53.9 Å². The Kier molecular flexibility index (Phi) is 20.1. The number of hydrazine groups is 1. The monoisotopic (exact) mass is 1030 g/mol. The van der Waals surface area contributed by atoms with Gasteiger partial charge in [-0.05, 0) is 116 Å². The number of rotatable bonds is 14. The molecule has 5 heterocycles. The van der Waals surface area contributed by atoms with Gasteiger partial charge in [0.15, 0.2) is 6.29 Å². The molecule has 0 saturated carbocycles. The normalized spacial score (nSPS) is 39.2. The highest BCUT2D eigenvalue weighted by Gasteiger charge is 2.54. The largest absolute Gasteiger partial charge is 0.459 e. The van der Waals surface area contributed by atoms with E-state index in [2.05, 4.69) is 22.5 Å². The highest BCUT2D eigenvalue weighted by atomic mass is 19.1. The number of likely N-dealkylation sites (N-methyl/N-ethyl adjacent to an activating group) is 1. The molecule has 0 amide bonds. The molecule has 3 saturated heterocycles. The lowest BCUT2D eigenvalue weighted by Gasteiger charge is -2.51. The fourth-order valence-electron chi connectivity index (χ4n) is 12.3. The van der Waals surface area contributed by atoms with Crippen LogP contribution in [0.25, 0.3) is 11.1 Å². The molecule has 0 aliphatic carbocycles. The quantitative estimate of drug-likeness (QED) is 0.0851. The molecular weight excluding hydrogens is 943 g/mol. The number of nitrogens with one attached hydrogen (secondary N) is 1. The summed E-state index contributed by atoms with van der Waals surface area (Å²) in [6.45, 7) is 19.0. The van der Waals surface area contributed by atoms with Crippen molar-refractivity contribution in [2.24, 2.45) is 23.7 Å². The molecule has 4 aliphatic heterocycles. The summed E-state index contributed by atoms with van der Waals surface area (Å²) < 4.78 is 60.5. The second-order valence-corrected chi connectivity index (χ2v) is 22.9. The van der Waals surface area contributed by atoms with Gasteiger partial charge in [0.2, 0.25) is 5.95 Å². The van der Waals surface area contributed by atoms with Gasteiger partial charge >= 0.3 is 5.97 Å². The van der Waals surface area contributed by atoms with Gasteiger partial charge in [-0.3, -0.25) is 9.80 Å². The van der Waals surface area contributed by atoms with E-state index in [0.717, 1.165) is 28.8 Å². The molecule has 2 aromatic rings. The minimum Gasteiger partial charge on any atom is -0.459 e. The number of carbonyl (C=O) groups is 1. The summed E-state index contributed by atoms with van der Waals surface area (Å²) in [6, 6.07) is 9.89. The van der Waals surface area contributed by atoms with Crippen LogP contribution in [0.15, 0.2) is 54.5 Å². The average molecular weight is 1030 g/mol. The van der Waals surface area contributed by atoms with Gasteiger partial charge in [0.25, 0.3) is 0 Å². The zero-order valence-corrected chi connectivity index (χ0v) is 45.7. The van der Waals surface area contributed by atoms with Crippen LogP contribution in [0, 0.1) is 29.6 Å². The van der Waals surface area contributed by atoms with Crippen molar-refractivity contribution in [3.8, 4) is 11.1 Å². The third-order valence-electron chi connectivity index (χ3n) is 16.9. The molecule has 16 nitrogen and oxygen atoms in total. The molecule has 0 radical (unpaired) electrons. The number of hydrogen-bond donors (Lipinski definition) is 6. The van der Waals surface area contributed by atoms with Crippen LogP contribution in [0.5, 0.6) is 0 Å². The van der Waals surface area contributed by atoms with E-state index in [-0.39, 0.29) is 30.9 Å². The second kappa shape index (κ2) is 24.8. The Balaban J connectivity index is 1.21. The zero-order chi connectivity index (χ0) is 53.7. The first-order chi connectivity index (χ1) is 34.3. The van der Waals surface area contributed by atoms with Gasteiger partial charge in [-0.15, -0.1) is 0 Å². The molecule has 7 N–H and O–H groups in total. The predicted octanol–water partition coefficient (Wildman–Crippen LogP) is 4.89. The number of halogens is 2. The van der Waals surface area contributed by atoms with Crippen molar-refractivity contribution in [3.63, 3.8) is 0 Å². The van der Waals surface area contributed by atoms with Crippen LogP contribution in [0.3, 0.4) is 0 Å². The molecule has 18 heteroatoms. The number of carbonyl (C=O) groups excluding carboxylic acids is 1. The van der Waals surface area contributed by atoms with Crippen LogP contribution in [-0.2, 0) is 34.9 Å². The highest BCUT2D eigenvalue weighted by molar-refractivity contribution is 5.73. The third kappa shape index (κ3) is 14.0. The number of aromatic nitrogens is 1. The van der Waals surface area contributed by atoms with E-state index in [9.17, 15) is 34.0 Å². The number of aliphatic hydroxyl groups excluding tert-OH is 2. The number of nitrogens with zero attached hydrogens (tertiary/aromatic N) is 4. The number of pyridine rings is 1. The number of alkyl halides is 1. The Bertz CT molecular complexity index is 2110. The van der Waals surface area contributed by atoms with Crippen molar-refractivity contribution in [1.29, 1.82) is 0 Å². The molecule has 3 fully saturated rings. The summed E-state index contributed by atoms with van der Waals surface area (Å²) in [4.78, 5) is 22.6. The molecule has 1 aromatic carbocycles. The maximum atomic E-state index is 14.6. The fourth-order valence-corrected chi connectivity index (χ4v) is 12.3. The minimum absolute atomic E-state index is 0.0463. The first kappa shape index (κ1) is 59.0. The molecule has 412 valence electrons. The van der Waals surface area contributed by atoms with E-state index in [1.54, 1.807) is 33.9 Å². The van der Waals surface area contributed by atoms with E-state index >= 15 is 0 Å².